The van der Waals surface area contributed by atoms with Crippen LogP contribution < -0.4 is 10.1 Å². The molecule has 1 amide bonds. The van der Waals surface area contributed by atoms with Crippen LogP contribution in [0.5, 0.6) is 5.75 Å². The summed E-state index contributed by atoms with van der Waals surface area (Å²) < 4.78 is 9.83. The molecule has 0 spiro atoms. The van der Waals surface area contributed by atoms with E-state index in [0.717, 1.165) is 11.1 Å². The van der Waals surface area contributed by atoms with Gasteiger partial charge in [0, 0.05) is 5.56 Å². The molecule has 2 aromatic carbocycles. The number of ether oxygens (including phenoxy) is 2. The monoisotopic (exact) mass is 325 g/mol. The lowest BCUT2D eigenvalue weighted by Crippen LogP contribution is -2.28. The smallest absolute Gasteiger partial charge is 0.354 e. The number of aryl methyl sites for hydroxylation is 1. The first-order valence-electron chi connectivity index (χ1n) is 7.35. The lowest BCUT2D eigenvalue weighted by Gasteiger charge is -2.09. The summed E-state index contributed by atoms with van der Waals surface area (Å²) in [6.07, 6.45) is 1.55. The molecule has 0 unspecified atom stereocenters. The fraction of sp³-hybridized carbons (Fsp3) is 0.158. The van der Waals surface area contributed by atoms with Crippen molar-refractivity contribution in [3.63, 3.8) is 0 Å². The van der Waals surface area contributed by atoms with Crippen LogP contribution in [0, 0.1) is 6.92 Å². The van der Waals surface area contributed by atoms with Crippen molar-refractivity contribution < 1.29 is 19.1 Å². The summed E-state index contributed by atoms with van der Waals surface area (Å²) in [5.41, 5.74) is 2.31. The second kappa shape index (κ2) is 7.97. The van der Waals surface area contributed by atoms with Crippen molar-refractivity contribution in [1.29, 1.82) is 0 Å². The summed E-state index contributed by atoms with van der Waals surface area (Å²) in [6.45, 7) is 1.94. The highest BCUT2D eigenvalue weighted by Crippen LogP contribution is 2.14. The van der Waals surface area contributed by atoms with Crippen molar-refractivity contribution in [3.05, 3.63) is 70.9 Å². The molecule has 0 aromatic heterocycles. The molecule has 0 heterocycles. The maximum Gasteiger partial charge on any atom is 0.354 e. The lowest BCUT2D eigenvalue weighted by atomic mass is 10.1. The largest absolute Gasteiger partial charge is 0.497 e. The minimum Gasteiger partial charge on any atom is -0.497 e. The molecule has 0 bridgehead atoms. The van der Waals surface area contributed by atoms with E-state index < -0.39 is 5.97 Å². The van der Waals surface area contributed by atoms with E-state index in [1.54, 1.807) is 49.6 Å². The molecule has 0 aliphatic carbocycles. The molecule has 24 heavy (non-hydrogen) atoms. The van der Waals surface area contributed by atoms with Crippen molar-refractivity contribution in [2.75, 3.05) is 14.2 Å². The Morgan fingerprint density at radius 1 is 0.958 bits per heavy atom. The van der Waals surface area contributed by atoms with Crippen LogP contribution in [-0.4, -0.2) is 26.1 Å². The minimum absolute atomic E-state index is 0.0632. The molecule has 0 radical (unpaired) electrons. The van der Waals surface area contributed by atoms with E-state index in [2.05, 4.69) is 5.32 Å². The third-order valence-corrected chi connectivity index (χ3v) is 3.39. The second-order valence-corrected chi connectivity index (χ2v) is 5.14. The molecule has 0 aliphatic heterocycles. The molecule has 124 valence electrons. The van der Waals surface area contributed by atoms with Crippen LogP contribution in [-0.2, 0) is 9.53 Å². The Kier molecular flexibility index (Phi) is 5.73. The van der Waals surface area contributed by atoms with Crippen LogP contribution in [0.4, 0.5) is 0 Å². The van der Waals surface area contributed by atoms with E-state index in [1.807, 2.05) is 19.1 Å². The van der Waals surface area contributed by atoms with Gasteiger partial charge in [-0.2, -0.15) is 0 Å². The summed E-state index contributed by atoms with van der Waals surface area (Å²) in [6, 6.07) is 14.2. The fourth-order valence-electron chi connectivity index (χ4n) is 2.02. The van der Waals surface area contributed by atoms with Gasteiger partial charge < -0.3 is 14.8 Å². The zero-order chi connectivity index (χ0) is 17.5. The highest BCUT2D eigenvalue weighted by molar-refractivity contribution is 6.03. The van der Waals surface area contributed by atoms with Gasteiger partial charge in [0.25, 0.3) is 5.91 Å². The summed E-state index contributed by atoms with van der Waals surface area (Å²) in [4.78, 5) is 24.2. The van der Waals surface area contributed by atoms with Gasteiger partial charge in [0.2, 0.25) is 0 Å². The second-order valence-electron chi connectivity index (χ2n) is 5.14. The van der Waals surface area contributed by atoms with Gasteiger partial charge in [-0.3, -0.25) is 4.79 Å². The summed E-state index contributed by atoms with van der Waals surface area (Å²) in [7, 11) is 2.84. The predicted molar refractivity (Wildman–Crippen MR) is 91.6 cm³/mol. The van der Waals surface area contributed by atoms with Gasteiger partial charge in [-0.1, -0.05) is 29.8 Å². The number of hydrogen-bond donors (Lipinski definition) is 1. The summed E-state index contributed by atoms with van der Waals surface area (Å²) in [5, 5.41) is 2.60. The maximum absolute atomic E-state index is 12.3. The van der Waals surface area contributed by atoms with Crippen molar-refractivity contribution in [3.8, 4) is 5.75 Å². The van der Waals surface area contributed by atoms with E-state index in [-0.39, 0.29) is 11.6 Å². The van der Waals surface area contributed by atoms with Crippen LogP contribution in [0.15, 0.2) is 54.2 Å². The predicted octanol–water partition coefficient (Wildman–Crippen LogP) is 2.95. The van der Waals surface area contributed by atoms with Crippen LogP contribution in [0.1, 0.15) is 21.5 Å². The number of rotatable bonds is 5. The van der Waals surface area contributed by atoms with Crippen LogP contribution in [0.3, 0.4) is 0 Å². The van der Waals surface area contributed by atoms with Crippen molar-refractivity contribution in [2.24, 2.45) is 0 Å². The van der Waals surface area contributed by atoms with E-state index in [1.165, 1.54) is 7.11 Å². The molecule has 0 atom stereocenters. The first-order valence-corrected chi connectivity index (χ1v) is 7.35. The average Bonchev–Trinajstić information content (AvgIpc) is 2.61. The first-order chi connectivity index (χ1) is 11.5. The highest BCUT2D eigenvalue weighted by Gasteiger charge is 2.14. The van der Waals surface area contributed by atoms with Crippen LogP contribution >= 0.6 is 0 Å². The standard InChI is InChI=1S/C19H19NO4/c1-13-4-8-15(9-5-13)18(21)20-17(19(22)24-3)12-14-6-10-16(23-2)11-7-14/h4-12H,1-3H3,(H,20,21)/b17-12+. The molecule has 0 saturated heterocycles. The highest BCUT2D eigenvalue weighted by atomic mass is 16.5. The number of methoxy groups -OCH3 is 2. The zero-order valence-electron chi connectivity index (χ0n) is 13.8. The van der Waals surface area contributed by atoms with E-state index in [0.29, 0.717) is 11.3 Å². The number of nitrogens with one attached hydrogen (secondary N) is 1. The van der Waals surface area contributed by atoms with Gasteiger partial charge in [-0.05, 0) is 42.8 Å². The van der Waals surface area contributed by atoms with Gasteiger partial charge in [-0.15, -0.1) is 0 Å². The Bertz CT molecular complexity index is 746. The Morgan fingerprint density at radius 2 is 1.58 bits per heavy atom. The number of benzene rings is 2. The molecule has 1 N–H and O–H groups in total. The summed E-state index contributed by atoms with van der Waals surface area (Å²) >= 11 is 0. The molecular weight excluding hydrogens is 306 g/mol. The Morgan fingerprint density at radius 3 is 2.12 bits per heavy atom. The number of carbonyl (C=O) groups excluding carboxylic acids is 2. The van der Waals surface area contributed by atoms with Gasteiger partial charge in [-0.25, -0.2) is 4.79 Å². The maximum atomic E-state index is 12.3. The molecule has 2 rings (SSSR count). The third-order valence-electron chi connectivity index (χ3n) is 3.39. The first kappa shape index (κ1) is 17.3. The quantitative estimate of drug-likeness (QED) is 0.678. The van der Waals surface area contributed by atoms with Crippen molar-refractivity contribution in [2.45, 2.75) is 6.92 Å². The number of esters is 1. The Balaban J connectivity index is 2.24. The lowest BCUT2D eigenvalue weighted by molar-refractivity contribution is -0.136. The Labute approximate surface area is 140 Å². The number of carbonyl (C=O) groups is 2. The minimum atomic E-state index is -0.619. The molecule has 0 fully saturated rings. The topological polar surface area (TPSA) is 64.6 Å². The van der Waals surface area contributed by atoms with Gasteiger partial charge in [0.05, 0.1) is 14.2 Å². The zero-order valence-corrected chi connectivity index (χ0v) is 13.8. The van der Waals surface area contributed by atoms with Crippen LogP contribution in [0.2, 0.25) is 0 Å². The van der Waals surface area contributed by atoms with Gasteiger partial charge in [0.15, 0.2) is 0 Å². The van der Waals surface area contributed by atoms with Gasteiger partial charge >= 0.3 is 5.97 Å². The van der Waals surface area contributed by atoms with E-state index >= 15 is 0 Å². The molecular formula is C19H19NO4. The number of hydrogen-bond acceptors (Lipinski definition) is 4. The molecule has 0 aliphatic rings. The Hall–Kier alpha value is -3.08. The van der Waals surface area contributed by atoms with Crippen LogP contribution in [0.25, 0.3) is 6.08 Å². The van der Waals surface area contributed by atoms with Crippen molar-refractivity contribution in [1.82, 2.24) is 5.32 Å². The normalized spacial score (nSPS) is 10.9. The molecule has 0 saturated carbocycles. The average molecular weight is 325 g/mol. The fourth-order valence-corrected chi connectivity index (χ4v) is 2.02. The van der Waals surface area contributed by atoms with Crippen molar-refractivity contribution >= 4 is 18.0 Å². The molecule has 5 nitrogen and oxygen atoms in total. The molecule has 2 aromatic rings. The number of amides is 1. The SMILES string of the molecule is COC(=O)/C(=C\c1ccc(OC)cc1)NC(=O)c1ccc(C)cc1. The van der Waals surface area contributed by atoms with E-state index in [4.69, 9.17) is 9.47 Å². The molecule has 5 heteroatoms. The van der Waals surface area contributed by atoms with E-state index in [9.17, 15) is 9.59 Å². The third kappa shape index (κ3) is 4.46. The van der Waals surface area contributed by atoms with Gasteiger partial charge in [0.1, 0.15) is 11.4 Å². The summed E-state index contributed by atoms with van der Waals surface area (Å²) in [5.74, 6) is -0.290.